The van der Waals surface area contributed by atoms with E-state index in [4.69, 9.17) is 0 Å². The molecule has 1 amide bonds. The molecule has 110 valence electrons. The Morgan fingerprint density at radius 1 is 1.42 bits per heavy atom. The van der Waals surface area contributed by atoms with Gasteiger partial charge in [0, 0.05) is 17.8 Å². The maximum Gasteiger partial charge on any atom is 0.227 e. The van der Waals surface area contributed by atoms with Gasteiger partial charge in [-0.25, -0.2) is 0 Å². The molecule has 1 saturated carbocycles. The predicted octanol–water partition coefficient (Wildman–Crippen LogP) is 2.56. The molecule has 2 N–H and O–H groups in total. The average Bonchev–Trinajstić information content (AvgIpc) is 2.90. The summed E-state index contributed by atoms with van der Waals surface area (Å²) in [6.45, 7) is 4.03. The van der Waals surface area contributed by atoms with Crippen LogP contribution in [0.3, 0.4) is 0 Å². The Balaban J connectivity index is 1.98. The van der Waals surface area contributed by atoms with Gasteiger partial charge in [-0.05, 0) is 38.5 Å². The van der Waals surface area contributed by atoms with E-state index in [0.717, 1.165) is 38.8 Å². The molecule has 1 heterocycles. The summed E-state index contributed by atoms with van der Waals surface area (Å²) in [5.74, 6) is 0.310. The van der Waals surface area contributed by atoms with E-state index in [-0.39, 0.29) is 5.41 Å². The molecule has 0 aromatic carbocycles. The van der Waals surface area contributed by atoms with E-state index < -0.39 is 0 Å². The van der Waals surface area contributed by atoms with E-state index in [1.807, 2.05) is 11.8 Å². The fourth-order valence-corrected chi connectivity index (χ4v) is 4.54. The first-order valence-corrected chi connectivity index (χ1v) is 9.05. The minimum absolute atomic E-state index is 0.130. The third kappa shape index (κ3) is 3.46. The van der Waals surface area contributed by atoms with Crippen molar-refractivity contribution in [2.24, 2.45) is 5.41 Å². The number of hydrogen-bond donors (Lipinski definition) is 2. The van der Waals surface area contributed by atoms with Gasteiger partial charge in [-0.15, -0.1) is 0 Å². The summed E-state index contributed by atoms with van der Waals surface area (Å²) in [5, 5.41) is 7.38. The highest BCUT2D eigenvalue weighted by atomic mass is 32.2. The fourth-order valence-electron chi connectivity index (χ4n) is 3.61. The number of hydrogen-bond acceptors (Lipinski definition) is 3. The third-order valence-corrected chi connectivity index (χ3v) is 5.95. The molecule has 2 rings (SSSR count). The van der Waals surface area contributed by atoms with E-state index in [0.29, 0.717) is 17.2 Å². The molecule has 3 nitrogen and oxygen atoms in total. The summed E-state index contributed by atoms with van der Waals surface area (Å²) >= 11 is 1.92. The molecule has 0 bridgehead atoms. The van der Waals surface area contributed by atoms with Crippen molar-refractivity contribution in [3.63, 3.8) is 0 Å². The minimum Gasteiger partial charge on any atom is -0.352 e. The van der Waals surface area contributed by atoms with Crippen LogP contribution in [-0.4, -0.2) is 36.5 Å². The Morgan fingerprint density at radius 2 is 2.21 bits per heavy atom. The summed E-state index contributed by atoms with van der Waals surface area (Å²) in [6, 6.07) is 0.394. The molecule has 1 saturated heterocycles. The highest BCUT2D eigenvalue weighted by Gasteiger charge is 2.41. The van der Waals surface area contributed by atoms with E-state index in [2.05, 4.69) is 23.8 Å². The number of amides is 1. The molecule has 0 aromatic heterocycles. The summed E-state index contributed by atoms with van der Waals surface area (Å²) < 4.78 is 0. The van der Waals surface area contributed by atoms with E-state index in [1.54, 1.807) is 0 Å². The van der Waals surface area contributed by atoms with Gasteiger partial charge in [0.25, 0.3) is 0 Å². The molecule has 3 unspecified atom stereocenters. The maximum absolute atomic E-state index is 12.7. The zero-order valence-corrected chi connectivity index (χ0v) is 13.2. The molecular formula is C15H28N2OS. The van der Waals surface area contributed by atoms with Crippen LogP contribution >= 0.6 is 11.8 Å². The summed E-state index contributed by atoms with van der Waals surface area (Å²) in [7, 11) is 0. The lowest BCUT2D eigenvalue weighted by atomic mass is 9.81. The van der Waals surface area contributed by atoms with Crippen molar-refractivity contribution in [2.45, 2.75) is 63.2 Å². The number of rotatable bonds is 5. The van der Waals surface area contributed by atoms with Gasteiger partial charge in [0.1, 0.15) is 0 Å². The van der Waals surface area contributed by atoms with E-state index in [9.17, 15) is 4.79 Å². The standard InChI is InChI=1S/C15H28N2OS/c1-3-8-15(9-10-16-11-15)14(18)17-12-6-4-5-7-13(12)19-2/h12-13,16H,3-11H2,1-2H3,(H,17,18). The largest absolute Gasteiger partial charge is 0.352 e. The van der Waals surface area contributed by atoms with E-state index in [1.165, 1.54) is 19.3 Å². The first-order chi connectivity index (χ1) is 9.22. The molecular weight excluding hydrogens is 256 g/mol. The van der Waals surface area contributed by atoms with Gasteiger partial charge in [0.15, 0.2) is 0 Å². The SMILES string of the molecule is CCCC1(C(=O)NC2CCCCC2SC)CCNC1. The second-order valence-corrected chi connectivity index (χ2v) is 7.17. The van der Waals surface area contributed by atoms with Crippen molar-refractivity contribution in [2.75, 3.05) is 19.3 Å². The zero-order valence-electron chi connectivity index (χ0n) is 12.3. The normalized spacial score (nSPS) is 35.3. The lowest BCUT2D eigenvalue weighted by molar-refractivity contribution is -0.131. The summed E-state index contributed by atoms with van der Waals surface area (Å²) in [5.41, 5.74) is -0.130. The van der Waals surface area contributed by atoms with Gasteiger partial charge >= 0.3 is 0 Å². The highest BCUT2D eigenvalue weighted by molar-refractivity contribution is 7.99. The Labute approximate surface area is 121 Å². The average molecular weight is 284 g/mol. The third-order valence-electron chi connectivity index (χ3n) is 4.78. The second-order valence-electron chi connectivity index (χ2n) is 6.10. The highest BCUT2D eigenvalue weighted by Crippen LogP contribution is 2.33. The minimum atomic E-state index is -0.130. The molecule has 0 radical (unpaired) electrons. The molecule has 2 aliphatic rings. The van der Waals surface area contributed by atoms with Gasteiger partial charge in [-0.2, -0.15) is 11.8 Å². The fraction of sp³-hybridized carbons (Fsp3) is 0.933. The molecule has 4 heteroatoms. The van der Waals surface area contributed by atoms with Crippen molar-refractivity contribution in [1.82, 2.24) is 10.6 Å². The Kier molecular flexibility index (Phi) is 5.58. The second kappa shape index (κ2) is 6.98. The molecule has 19 heavy (non-hydrogen) atoms. The van der Waals surface area contributed by atoms with Crippen LogP contribution in [0.4, 0.5) is 0 Å². The van der Waals surface area contributed by atoms with Crippen LogP contribution in [0.1, 0.15) is 51.9 Å². The van der Waals surface area contributed by atoms with Crippen molar-refractivity contribution in [3.05, 3.63) is 0 Å². The number of nitrogens with one attached hydrogen (secondary N) is 2. The number of thioether (sulfide) groups is 1. The lowest BCUT2D eigenvalue weighted by Gasteiger charge is -2.35. The van der Waals surface area contributed by atoms with Crippen LogP contribution < -0.4 is 10.6 Å². The van der Waals surface area contributed by atoms with Crippen LogP contribution in [0.2, 0.25) is 0 Å². The first kappa shape index (κ1) is 15.2. The van der Waals surface area contributed by atoms with Crippen molar-refractivity contribution in [3.8, 4) is 0 Å². The lowest BCUT2D eigenvalue weighted by Crippen LogP contribution is -2.50. The smallest absolute Gasteiger partial charge is 0.227 e. The van der Waals surface area contributed by atoms with Crippen LogP contribution in [0.15, 0.2) is 0 Å². The predicted molar refractivity (Wildman–Crippen MR) is 82.5 cm³/mol. The van der Waals surface area contributed by atoms with Gasteiger partial charge in [-0.3, -0.25) is 4.79 Å². The quantitative estimate of drug-likeness (QED) is 0.815. The molecule has 2 fully saturated rings. The van der Waals surface area contributed by atoms with Gasteiger partial charge in [-0.1, -0.05) is 26.2 Å². The van der Waals surface area contributed by atoms with Gasteiger partial charge < -0.3 is 10.6 Å². The topological polar surface area (TPSA) is 41.1 Å². The van der Waals surface area contributed by atoms with Crippen LogP contribution in [0, 0.1) is 5.41 Å². The molecule has 0 spiro atoms. The summed E-state index contributed by atoms with van der Waals surface area (Å²) in [4.78, 5) is 12.7. The van der Waals surface area contributed by atoms with E-state index >= 15 is 0 Å². The molecule has 3 atom stereocenters. The molecule has 1 aliphatic carbocycles. The van der Waals surface area contributed by atoms with Gasteiger partial charge in [0.2, 0.25) is 5.91 Å². The maximum atomic E-state index is 12.7. The summed E-state index contributed by atoms with van der Waals surface area (Å²) in [6.07, 6.45) is 10.3. The Bertz CT molecular complexity index is 303. The zero-order chi connectivity index (χ0) is 13.7. The Hall–Kier alpha value is -0.220. The number of carbonyl (C=O) groups excluding carboxylic acids is 1. The molecule has 1 aliphatic heterocycles. The van der Waals surface area contributed by atoms with Crippen molar-refractivity contribution < 1.29 is 4.79 Å². The monoisotopic (exact) mass is 284 g/mol. The van der Waals surface area contributed by atoms with Crippen molar-refractivity contribution in [1.29, 1.82) is 0 Å². The first-order valence-electron chi connectivity index (χ1n) is 7.76. The number of carbonyl (C=O) groups is 1. The Morgan fingerprint density at radius 3 is 2.84 bits per heavy atom. The van der Waals surface area contributed by atoms with Crippen LogP contribution in [0.25, 0.3) is 0 Å². The van der Waals surface area contributed by atoms with Crippen LogP contribution in [-0.2, 0) is 4.79 Å². The van der Waals surface area contributed by atoms with Crippen LogP contribution in [0.5, 0.6) is 0 Å². The van der Waals surface area contributed by atoms with Gasteiger partial charge in [0.05, 0.1) is 5.41 Å². The van der Waals surface area contributed by atoms with Crippen molar-refractivity contribution >= 4 is 17.7 Å². The molecule has 0 aromatic rings.